The highest BCUT2D eigenvalue weighted by molar-refractivity contribution is 7.86. The van der Waals surface area contributed by atoms with Crippen molar-refractivity contribution >= 4 is 30.1 Å². The summed E-state index contributed by atoms with van der Waals surface area (Å²) in [5, 5.41) is 0. The monoisotopic (exact) mass is 282 g/mol. The fourth-order valence-corrected chi connectivity index (χ4v) is 72.3. The maximum absolute atomic E-state index is 10.5. The van der Waals surface area contributed by atoms with Gasteiger partial charge < -0.3 is 14.4 Å². The fraction of sp³-hybridized carbons (Fsp3) is 1.00. The van der Waals surface area contributed by atoms with E-state index in [9.17, 15) is 14.4 Å². The second-order valence-corrected chi connectivity index (χ2v) is 41.0. The van der Waals surface area contributed by atoms with Gasteiger partial charge in [0.25, 0.3) is 0 Å². The molecule has 7 heteroatoms. The molecule has 0 unspecified atom stereocenters. The first-order valence-corrected chi connectivity index (χ1v) is 19.5. The van der Waals surface area contributed by atoms with Gasteiger partial charge in [0.1, 0.15) is 6.63 Å². The number of hydrogen-bond donors (Lipinski definition) is 3. The van der Waals surface area contributed by atoms with Crippen LogP contribution in [0.3, 0.4) is 0 Å². The summed E-state index contributed by atoms with van der Waals surface area (Å²) in [4.78, 5) is 31.6. The van der Waals surface area contributed by atoms with Crippen LogP contribution in [-0.4, -0.2) is 44.5 Å². The summed E-state index contributed by atoms with van der Waals surface area (Å²) in [6.45, 7) is 11.2. The maximum Gasteiger partial charge on any atom is 0.170 e. The first kappa shape index (κ1) is 15.7. The molecular formula is C8H26O3Si4. The third-order valence-corrected chi connectivity index (χ3v) is 66.0. The zero-order chi connectivity index (χ0) is 12.7. The van der Waals surface area contributed by atoms with E-state index < -0.39 is 30.1 Å². The molecule has 0 saturated heterocycles. The topological polar surface area (TPSA) is 60.7 Å². The average molecular weight is 283 g/mol. The molecule has 0 amide bonds. The standard InChI is InChI=1S/C8H26O3Si4/c1-8-15(12(2,3)9,13(4,5)10)14(6,7)11/h9-11H,8H2,1-7H3. The van der Waals surface area contributed by atoms with Crippen LogP contribution in [0.5, 0.6) is 0 Å². The zero-order valence-corrected chi connectivity index (χ0v) is 15.0. The Labute approximate surface area is 96.9 Å². The quantitative estimate of drug-likeness (QED) is 0.681. The Kier molecular flexibility index (Phi) is 4.41. The Morgan fingerprint density at radius 2 is 0.867 bits per heavy atom. The van der Waals surface area contributed by atoms with E-state index in [-0.39, 0.29) is 0 Å². The van der Waals surface area contributed by atoms with Gasteiger partial charge in [-0.15, -0.1) is 0 Å². The van der Waals surface area contributed by atoms with Crippen molar-refractivity contribution in [2.24, 2.45) is 0 Å². The van der Waals surface area contributed by atoms with Gasteiger partial charge in [-0.05, 0) is 39.3 Å². The molecule has 0 aromatic carbocycles. The Morgan fingerprint density at radius 1 is 0.667 bits per heavy atom. The van der Waals surface area contributed by atoms with Gasteiger partial charge in [0.05, 0.1) is 0 Å². The van der Waals surface area contributed by atoms with Crippen molar-refractivity contribution < 1.29 is 14.4 Å². The van der Waals surface area contributed by atoms with Gasteiger partial charge in [-0.25, -0.2) is 0 Å². The lowest BCUT2D eigenvalue weighted by atomic mass is 11.0. The SMILES string of the molecule is CC[Si]([Si](C)(C)O)([Si](C)(C)O)[Si](C)(C)O. The molecule has 15 heavy (non-hydrogen) atoms. The molecule has 0 saturated carbocycles. The summed E-state index contributed by atoms with van der Waals surface area (Å²) in [6.07, 6.45) is 0. The molecule has 0 aliphatic rings. The first-order valence-electron chi connectivity index (χ1n) is 5.48. The molecule has 0 aliphatic carbocycles. The Hall–Kier alpha value is 0.748. The lowest BCUT2D eigenvalue weighted by Gasteiger charge is -2.51. The van der Waals surface area contributed by atoms with E-state index in [2.05, 4.69) is 0 Å². The molecule has 0 fully saturated rings. The minimum absolute atomic E-state index is 0.814. The molecular weight excluding hydrogens is 256 g/mol. The minimum atomic E-state index is -2.45. The van der Waals surface area contributed by atoms with E-state index in [1.165, 1.54) is 0 Å². The van der Waals surface area contributed by atoms with Crippen molar-refractivity contribution in [1.82, 2.24) is 0 Å². The highest BCUT2D eigenvalue weighted by Crippen LogP contribution is 2.35. The fourth-order valence-electron chi connectivity index (χ4n) is 3.54. The molecule has 3 N–H and O–H groups in total. The van der Waals surface area contributed by atoms with Crippen LogP contribution >= 0.6 is 0 Å². The van der Waals surface area contributed by atoms with Gasteiger partial charge >= 0.3 is 0 Å². The summed E-state index contributed by atoms with van der Waals surface area (Å²) in [7, 11) is -7.34. The first-order chi connectivity index (χ1) is 6.31. The molecule has 0 bridgehead atoms. The van der Waals surface area contributed by atoms with Crippen molar-refractivity contribution in [3.05, 3.63) is 0 Å². The molecule has 0 rings (SSSR count). The van der Waals surface area contributed by atoms with E-state index in [1.54, 1.807) is 0 Å². The zero-order valence-electron chi connectivity index (χ0n) is 11.0. The molecule has 0 spiro atoms. The summed E-state index contributed by atoms with van der Waals surface area (Å²) in [6, 6.07) is 0.814. The van der Waals surface area contributed by atoms with Crippen LogP contribution < -0.4 is 0 Å². The summed E-state index contributed by atoms with van der Waals surface area (Å²) >= 11 is 0. The minimum Gasteiger partial charge on any atom is -0.435 e. The molecule has 0 atom stereocenters. The van der Waals surface area contributed by atoms with Crippen molar-refractivity contribution in [3.8, 4) is 0 Å². The largest absolute Gasteiger partial charge is 0.435 e. The van der Waals surface area contributed by atoms with Crippen LogP contribution in [0.2, 0.25) is 45.3 Å². The van der Waals surface area contributed by atoms with Crippen molar-refractivity contribution in [2.45, 2.75) is 52.2 Å². The van der Waals surface area contributed by atoms with Crippen LogP contribution in [-0.2, 0) is 0 Å². The third-order valence-electron chi connectivity index (χ3n) is 3.66. The Balaban J connectivity index is 5.78. The van der Waals surface area contributed by atoms with Crippen molar-refractivity contribution in [1.29, 1.82) is 0 Å². The summed E-state index contributed by atoms with van der Waals surface area (Å²) < 4.78 is 0. The van der Waals surface area contributed by atoms with E-state index >= 15 is 0 Å². The summed E-state index contributed by atoms with van der Waals surface area (Å²) in [5.41, 5.74) is 0. The molecule has 0 aliphatic heterocycles. The Morgan fingerprint density at radius 3 is 0.867 bits per heavy atom. The van der Waals surface area contributed by atoms with Gasteiger partial charge in [-0.3, -0.25) is 0 Å². The van der Waals surface area contributed by atoms with Gasteiger partial charge in [0.15, 0.2) is 23.5 Å². The predicted octanol–water partition coefficient (Wildman–Crippen LogP) is 1.28. The van der Waals surface area contributed by atoms with Crippen molar-refractivity contribution in [2.75, 3.05) is 0 Å². The second-order valence-electron chi connectivity index (χ2n) is 5.94. The van der Waals surface area contributed by atoms with E-state index in [0.29, 0.717) is 0 Å². The Bertz CT molecular complexity index is 187. The van der Waals surface area contributed by atoms with Crippen LogP contribution in [0, 0.1) is 0 Å². The third kappa shape index (κ3) is 2.53. The maximum atomic E-state index is 10.5. The molecule has 3 nitrogen and oxygen atoms in total. The highest BCUT2D eigenvalue weighted by Gasteiger charge is 2.67. The predicted molar refractivity (Wildman–Crippen MR) is 75.3 cm³/mol. The van der Waals surface area contributed by atoms with Crippen molar-refractivity contribution in [3.63, 3.8) is 0 Å². The molecule has 0 heterocycles. The van der Waals surface area contributed by atoms with Crippen LogP contribution in [0.25, 0.3) is 0 Å². The van der Waals surface area contributed by atoms with Gasteiger partial charge in [0, 0.05) is 0 Å². The highest BCUT2D eigenvalue weighted by atomic mass is 29.9. The van der Waals surface area contributed by atoms with Crippen LogP contribution in [0.1, 0.15) is 6.92 Å². The summed E-state index contributed by atoms with van der Waals surface area (Å²) in [5.74, 6) is 0. The molecule has 0 aromatic rings. The number of rotatable bonds is 4. The molecule has 92 valence electrons. The van der Waals surface area contributed by atoms with Gasteiger partial charge in [-0.2, -0.15) is 0 Å². The lowest BCUT2D eigenvalue weighted by molar-refractivity contribution is 0.550. The average Bonchev–Trinajstić information content (AvgIpc) is 1.76. The van der Waals surface area contributed by atoms with E-state index in [4.69, 9.17) is 0 Å². The van der Waals surface area contributed by atoms with E-state index in [1.807, 2.05) is 46.2 Å². The van der Waals surface area contributed by atoms with Crippen LogP contribution in [0.4, 0.5) is 0 Å². The van der Waals surface area contributed by atoms with Gasteiger partial charge in [0.2, 0.25) is 0 Å². The molecule has 0 aromatic heterocycles. The second kappa shape index (κ2) is 4.20. The number of hydrogen-bond acceptors (Lipinski definition) is 3. The van der Waals surface area contributed by atoms with E-state index in [0.717, 1.165) is 6.04 Å². The van der Waals surface area contributed by atoms with Gasteiger partial charge in [-0.1, -0.05) is 13.0 Å². The smallest absolute Gasteiger partial charge is 0.170 e. The molecule has 0 radical (unpaired) electrons. The van der Waals surface area contributed by atoms with Crippen LogP contribution in [0.15, 0.2) is 0 Å². The normalized spacial score (nSPS) is 15.6. The lowest BCUT2D eigenvalue weighted by Crippen LogP contribution is -2.85.